The third-order valence-corrected chi connectivity index (χ3v) is 5.93. The van der Waals surface area contributed by atoms with Crippen molar-refractivity contribution in [1.82, 2.24) is 4.98 Å². The smallest absolute Gasteiger partial charge is 0.227 e. The van der Waals surface area contributed by atoms with E-state index in [1.165, 1.54) is 12.0 Å². The molecule has 1 aromatic carbocycles. The normalized spacial score (nSPS) is 14.0. The van der Waals surface area contributed by atoms with Gasteiger partial charge < -0.3 is 11.1 Å². The number of amides is 1. The van der Waals surface area contributed by atoms with E-state index in [1.54, 1.807) is 0 Å². The molecule has 0 radical (unpaired) electrons. The summed E-state index contributed by atoms with van der Waals surface area (Å²) in [5.41, 5.74) is 13.4. The van der Waals surface area contributed by atoms with Gasteiger partial charge in [-0.25, -0.2) is 0 Å². The second kappa shape index (κ2) is 12.4. The number of aryl methyl sites for hydroxylation is 2. The molecule has 0 atom stereocenters. The Balaban J connectivity index is 0.00000240. The maximum atomic E-state index is 13.0. The highest BCUT2D eigenvalue weighted by molar-refractivity contribution is 5.98. The second-order valence-electron chi connectivity index (χ2n) is 8.86. The van der Waals surface area contributed by atoms with Crippen molar-refractivity contribution in [2.24, 2.45) is 17.6 Å². The molecule has 31 heavy (non-hydrogen) atoms. The number of anilines is 1. The molecule has 6 heteroatoms. The molecule has 4 nitrogen and oxygen atoms in total. The molecule has 3 rings (SSSR count). The number of benzene rings is 1. The van der Waals surface area contributed by atoms with Gasteiger partial charge in [-0.15, -0.1) is 24.8 Å². The molecule has 1 aliphatic carbocycles. The molecule has 3 N–H and O–H groups in total. The van der Waals surface area contributed by atoms with Crippen LogP contribution in [-0.2, 0) is 17.8 Å². The fourth-order valence-corrected chi connectivity index (χ4v) is 4.36. The molecule has 0 saturated heterocycles. The number of carbonyl (C=O) groups is 1. The largest absolute Gasteiger partial charge is 0.326 e. The molecule has 1 fully saturated rings. The highest BCUT2D eigenvalue weighted by Gasteiger charge is 2.25. The van der Waals surface area contributed by atoms with Crippen molar-refractivity contribution in [2.45, 2.75) is 72.8 Å². The molecule has 0 bridgehead atoms. The van der Waals surface area contributed by atoms with Gasteiger partial charge in [0.1, 0.15) is 0 Å². The highest BCUT2D eigenvalue weighted by Crippen LogP contribution is 2.37. The van der Waals surface area contributed by atoms with Crippen LogP contribution in [0, 0.1) is 25.7 Å². The van der Waals surface area contributed by atoms with Gasteiger partial charge in [0, 0.05) is 23.7 Å². The van der Waals surface area contributed by atoms with Crippen molar-refractivity contribution >= 4 is 36.4 Å². The van der Waals surface area contributed by atoms with Crippen LogP contribution in [0.5, 0.6) is 0 Å². The predicted octanol–water partition coefficient (Wildman–Crippen LogP) is 6.39. The van der Waals surface area contributed by atoms with E-state index in [4.69, 9.17) is 10.7 Å². The number of carbonyl (C=O) groups excluding carboxylic acids is 1. The first kappa shape index (κ1) is 27.4. The summed E-state index contributed by atoms with van der Waals surface area (Å²) in [5, 5.41) is 3.26. The second-order valence-corrected chi connectivity index (χ2v) is 8.86. The van der Waals surface area contributed by atoms with Crippen molar-refractivity contribution in [3.8, 4) is 11.1 Å². The predicted molar refractivity (Wildman–Crippen MR) is 135 cm³/mol. The van der Waals surface area contributed by atoms with E-state index in [0.29, 0.717) is 12.5 Å². The fourth-order valence-electron chi connectivity index (χ4n) is 4.36. The van der Waals surface area contributed by atoms with Crippen molar-refractivity contribution in [3.63, 3.8) is 0 Å². The number of hydrogen-bond acceptors (Lipinski definition) is 3. The summed E-state index contributed by atoms with van der Waals surface area (Å²) < 4.78 is 0. The Kier molecular flexibility index (Phi) is 11.0. The first-order chi connectivity index (χ1) is 13.9. The Bertz CT molecular complexity index is 860. The summed E-state index contributed by atoms with van der Waals surface area (Å²) in [6.07, 6.45) is 6.35. The SMILES string of the molecule is Cc1ccc(-c2c(CN)c(CC(C)C)nc(C)c2NC(=O)C2CCCCC2)cc1.Cl.Cl. The van der Waals surface area contributed by atoms with Gasteiger partial charge in [-0.05, 0) is 50.2 Å². The molecular formula is C25H37Cl2N3O. The number of hydrogen-bond donors (Lipinski definition) is 2. The van der Waals surface area contributed by atoms with E-state index in [2.05, 4.69) is 50.4 Å². The lowest BCUT2D eigenvalue weighted by atomic mass is 9.88. The summed E-state index contributed by atoms with van der Waals surface area (Å²) >= 11 is 0. The summed E-state index contributed by atoms with van der Waals surface area (Å²) in [7, 11) is 0. The van der Waals surface area contributed by atoms with Gasteiger partial charge in [0.25, 0.3) is 0 Å². The molecule has 1 amide bonds. The standard InChI is InChI=1S/C25H35N3O.2ClH/c1-16(2)14-22-21(15-26)23(19-12-10-17(3)11-13-19)24(18(4)27-22)28-25(29)20-8-6-5-7-9-20;;/h10-13,16,20H,5-9,14-15,26H2,1-4H3,(H,28,29);2*1H. The Morgan fingerprint density at radius 2 is 1.71 bits per heavy atom. The zero-order valence-electron chi connectivity index (χ0n) is 19.2. The number of nitrogens with two attached hydrogens (primary N) is 1. The molecule has 1 heterocycles. The lowest BCUT2D eigenvalue weighted by Gasteiger charge is -2.25. The molecule has 172 valence electrons. The van der Waals surface area contributed by atoms with E-state index < -0.39 is 0 Å². The number of nitrogens with zero attached hydrogens (tertiary/aromatic N) is 1. The third-order valence-electron chi connectivity index (χ3n) is 5.93. The quantitative estimate of drug-likeness (QED) is 0.519. The van der Waals surface area contributed by atoms with E-state index in [9.17, 15) is 4.79 Å². The van der Waals surface area contributed by atoms with E-state index in [0.717, 1.165) is 65.9 Å². The fraction of sp³-hybridized carbons (Fsp3) is 0.520. The van der Waals surface area contributed by atoms with Crippen LogP contribution in [0.2, 0.25) is 0 Å². The number of pyridine rings is 1. The van der Waals surface area contributed by atoms with Crippen molar-refractivity contribution < 1.29 is 4.79 Å². The molecule has 1 saturated carbocycles. The van der Waals surface area contributed by atoms with E-state index in [1.807, 2.05) is 6.92 Å². The Morgan fingerprint density at radius 1 is 1.10 bits per heavy atom. The Hall–Kier alpha value is -1.62. The van der Waals surface area contributed by atoms with Crippen LogP contribution in [0.3, 0.4) is 0 Å². The van der Waals surface area contributed by atoms with Gasteiger partial charge in [0.05, 0.1) is 11.4 Å². The third kappa shape index (κ3) is 6.68. The minimum atomic E-state index is 0. The number of nitrogens with one attached hydrogen (secondary N) is 1. The Labute approximate surface area is 199 Å². The van der Waals surface area contributed by atoms with Crippen LogP contribution in [-0.4, -0.2) is 10.9 Å². The highest BCUT2D eigenvalue weighted by atomic mass is 35.5. The van der Waals surface area contributed by atoms with Crippen LogP contribution >= 0.6 is 24.8 Å². The molecule has 0 unspecified atom stereocenters. The van der Waals surface area contributed by atoms with Gasteiger partial charge in [-0.3, -0.25) is 9.78 Å². The summed E-state index contributed by atoms with van der Waals surface area (Å²) in [5.74, 6) is 0.717. The van der Waals surface area contributed by atoms with E-state index >= 15 is 0 Å². The van der Waals surface area contributed by atoms with Crippen LogP contribution in [0.15, 0.2) is 24.3 Å². The minimum Gasteiger partial charge on any atom is -0.326 e. The summed E-state index contributed by atoms with van der Waals surface area (Å²) in [4.78, 5) is 17.9. The summed E-state index contributed by atoms with van der Waals surface area (Å²) in [6.45, 7) is 8.88. The Morgan fingerprint density at radius 3 is 2.26 bits per heavy atom. The van der Waals surface area contributed by atoms with Crippen LogP contribution in [0.4, 0.5) is 5.69 Å². The number of rotatable bonds is 6. The maximum Gasteiger partial charge on any atom is 0.227 e. The number of aromatic nitrogens is 1. The lowest BCUT2D eigenvalue weighted by Crippen LogP contribution is -2.26. The molecule has 1 aromatic heterocycles. The van der Waals surface area contributed by atoms with Crippen LogP contribution in [0.1, 0.15) is 68.5 Å². The maximum absolute atomic E-state index is 13.0. The molecule has 0 spiro atoms. The average molecular weight is 466 g/mol. The number of halogens is 2. The zero-order chi connectivity index (χ0) is 21.0. The molecular weight excluding hydrogens is 429 g/mol. The van der Waals surface area contributed by atoms with Gasteiger partial charge in [-0.2, -0.15) is 0 Å². The summed E-state index contributed by atoms with van der Waals surface area (Å²) in [6, 6.07) is 8.47. The van der Waals surface area contributed by atoms with Gasteiger partial charge >= 0.3 is 0 Å². The first-order valence-electron chi connectivity index (χ1n) is 11.0. The zero-order valence-corrected chi connectivity index (χ0v) is 20.8. The molecule has 2 aromatic rings. The first-order valence-corrected chi connectivity index (χ1v) is 11.0. The molecule has 1 aliphatic rings. The van der Waals surface area contributed by atoms with Crippen LogP contribution < -0.4 is 11.1 Å². The van der Waals surface area contributed by atoms with Crippen LogP contribution in [0.25, 0.3) is 11.1 Å². The van der Waals surface area contributed by atoms with Crippen molar-refractivity contribution in [1.29, 1.82) is 0 Å². The van der Waals surface area contributed by atoms with Crippen molar-refractivity contribution in [2.75, 3.05) is 5.32 Å². The van der Waals surface area contributed by atoms with Gasteiger partial charge in [0.15, 0.2) is 0 Å². The molecule has 0 aliphatic heterocycles. The van der Waals surface area contributed by atoms with Crippen molar-refractivity contribution in [3.05, 3.63) is 46.8 Å². The topological polar surface area (TPSA) is 68.0 Å². The minimum absolute atomic E-state index is 0. The van der Waals surface area contributed by atoms with Gasteiger partial charge in [-0.1, -0.05) is 62.9 Å². The van der Waals surface area contributed by atoms with E-state index in [-0.39, 0.29) is 36.6 Å². The monoisotopic (exact) mass is 465 g/mol. The lowest BCUT2D eigenvalue weighted by molar-refractivity contribution is -0.120. The average Bonchev–Trinajstić information content (AvgIpc) is 2.70. The van der Waals surface area contributed by atoms with Gasteiger partial charge in [0.2, 0.25) is 5.91 Å².